The number of nitrogens with one attached hydrogen (secondary N) is 1. The Morgan fingerprint density at radius 3 is 2.95 bits per heavy atom. The van der Waals surface area contributed by atoms with E-state index in [0.29, 0.717) is 19.4 Å². The highest BCUT2D eigenvalue weighted by Gasteiger charge is 2.10. The van der Waals surface area contributed by atoms with Crippen LogP contribution in [-0.2, 0) is 16.4 Å². The monoisotopic (exact) mass is 306 g/mol. The summed E-state index contributed by atoms with van der Waals surface area (Å²) in [5, 5.41) is 8.40. The summed E-state index contributed by atoms with van der Waals surface area (Å²) in [7, 11) is -3.30. The summed E-state index contributed by atoms with van der Waals surface area (Å²) >= 11 is 0. The molecule has 2 heterocycles. The number of fused-ring (bicyclic) bond motifs is 1. The molecule has 1 N–H and O–H groups in total. The average molecular weight is 306 g/mol. The first-order valence-corrected chi connectivity index (χ1v) is 8.45. The summed E-state index contributed by atoms with van der Waals surface area (Å²) in [5.41, 5.74) is 2.80. The van der Waals surface area contributed by atoms with Crippen LogP contribution in [0.1, 0.15) is 24.2 Å². The van der Waals surface area contributed by atoms with Crippen molar-refractivity contribution in [2.75, 3.05) is 12.3 Å². The van der Waals surface area contributed by atoms with Gasteiger partial charge in [-0.05, 0) is 25.5 Å². The minimum absolute atomic E-state index is 0.00909. The van der Waals surface area contributed by atoms with Gasteiger partial charge in [-0.25, -0.2) is 18.1 Å². The van der Waals surface area contributed by atoms with Crippen LogP contribution >= 0.6 is 0 Å². The van der Waals surface area contributed by atoms with Gasteiger partial charge in [-0.2, -0.15) is 5.26 Å². The fourth-order valence-corrected chi connectivity index (χ4v) is 3.15. The summed E-state index contributed by atoms with van der Waals surface area (Å²) in [6, 6.07) is 7.80. The average Bonchev–Trinajstić information content (AvgIpc) is 2.83. The molecular weight excluding hydrogens is 288 g/mol. The van der Waals surface area contributed by atoms with Crippen LogP contribution in [0.2, 0.25) is 0 Å². The summed E-state index contributed by atoms with van der Waals surface area (Å²) in [6.07, 6.45) is 3.08. The van der Waals surface area contributed by atoms with Crippen LogP contribution < -0.4 is 4.72 Å². The van der Waals surface area contributed by atoms with Crippen molar-refractivity contribution in [1.29, 1.82) is 5.26 Å². The van der Waals surface area contributed by atoms with Crippen molar-refractivity contribution in [2.24, 2.45) is 0 Å². The van der Waals surface area contributed by atoms with Crippen LogP contribution in [0.4, 0.5) is 0 Å². The van der Waals surface area contributed by atoms with Gasteiger partial charge in [-0.15, -0.1) is 0 Å². The number of nitriles is 1. The molecule has 0 saturated heterocycles. The Morgan fingerprint density at radius 2 is 2.24 bits per heavy atom. The van der Waals surface area contributed by atoms with Gasteiger partial charge in [-0.1, -0.05) is 6.07 Å². The predicted molar refractivity (Wildman–Crippen MR) is 80.3 cm³/mol. The van der Waals surface area contributed by atoms with Gasteiger partial charge in [0.2, 0.25) is 10.0 Å². The van der Waals surface area contributed by atoms with Crippen LogP contribution in [0, 0.1) is 18.3 Å². The molecule has 0 aliphatic heterocycles. The Hall–Kier alpha value is -1.91. The Kier molecular flexibility index (Phi) is 4.94. The van der Waals surface area contributed by atoms with Gasteiger partial charge >= 0.3 is 0 Å². The lowest BCUT2D eigenvalue weighted by atomic mass is 10.3. The van der Waals surface area contributed by atoms with E-state index >= 15 is 0 Å². The molecule has 0 spiro atoms. The zero-order valence-corrected chi connectivity index (χ0v) is 12.7. The van der Waals surface area contributed by atoms with Crippen molar-refractivity contribution < 1.29 is 8.42 Å². The van der Waals surface area contributed by atoms with Crippen LogP contribution in [0.3, 0.4) is 0 Å². The summed E-state index contributed by atoms with van der Waals surface area (Å²) < 4.78 is 27.9. The van der Waals surface area contributed by atoms with E-state index in [1.807, 2.05) is 41.8 Å². The number of hydrogen-bond acceptors (Lipinski definition) is 4. The third-order valence-electron chi connectivity index (χ3n) is 3.15. The molecular formula is C14H18N4O2S. The fraction of sp³-hybridized carbons (Fsp3) is 0.429. The van der Waals surface area contributed by atoms with Gasteiger partial charge in [-0.3, -0.25) is 0 Å². The molecule has 6 nitrogen and oxygen atoms in total. The van der Waals surface area contributed by atoms with E-state index in [2.05, 4.69) is 9.71 Å². The van der Waals surface area contributed by atoms with E-state index in [0.717, 1.165) is 17.0 Å². The van der Waals surface area contributed by atoms with E-state index in [1.54, 1.807) is 0 Å². The number of hydrogen-bond donors (Lipinski definition) is 1. The largest absolute Gasteiger partial charge is 0.304 e. The smallest absolute Gasteiger partial charge is 0.211 e. The third-order valence-corrected chi connectivity index (χ3v) is 4.62. The molecule has 0 amide bonds. The Balaban J connectivity index is 1.90. The number of aromatic nitrogens is 2. The molecule has 112 valence electrons. The number of imidazole rings is 1. The SMILES string of the molecule is Cc1cccc2nc(CCNS(=O)(=O)CCCC#N)cn12. The molecule has 2 aromatic rings. The fourth-order valence-electron chi connectivity index (χ4n) is 2.07. The Bertz CT molecular complexity index is 759. The predicted octanol–water partition coefficient (Wildman–Crippen LogP) is 1.41. The van der Waals surface area contributed by atoms with E-state index in [4.69, 9.17) is 5.26 Å². The van der Waals surface area contributed by atoms with E-state index in [-0.39, 0.29) is 12.2 Å². The van der Waals surface area contributed by atoms with Gasteiger partial charge in [0, 0.05) is 31.3 Å². The summed E-state index contributed by atoms with van der Waals surface area (Å²) in [5.74, 6) is -0.00909. The Morgan fingerprint density at radius 1 is 1.43 bits per heavy atom. The highest BCUT2D eigenvalue weighted by atomic mass is 32.2. The summed E-state index contributed by atoms with van der Waals surface area (Å²) in [4.78, 5) is 4.45. The van der Waals surface area contributed by atoms with Crippen molar-refractivity contribution in [2.45, 2.75) is 26.2 Å². The summed E-state index contributed by atoms with van der Waals surface area (Å²) in [6.45, 7) is 2.31. The molecule has 0 aliphatic rings. The number of pyridine rings is 1. The molecule has 0 aromatic carbocycles. The van der Waals surface area contributed by atoms with Crippen molar-refractivity contribution in [3.8, 4) is 6.07 Å². The number of rotatable bonds is 7. The molecule has 7 heteroatoms. The second kappa shape index (κ2) is 6.70. The first-order valence-electron chi connectivity index (χ1n) is 6.80. The zero-order valence-electron chi connectivity index (χ0n) is 11.9. The minimum atomic E-state index is -3.30. The van der Waals surface area contributed by atoms with Crippen molar-refractivity contribution in [1.82, 2.24) is 14.1 Å². The topological polar surface area (TPSA) is 87.3 Å². The maximum Gasteiger partial charge on any atom is 0.211 e. The molecule has 0 radical (unpaired) electrons. The van der Waals surface area contributed by atoms with Gasteiger partial charge in [0.05, 0.1) is 17.5 Å². The van der Waals surface area contributed by atoms with Crippen LogP contribution in [-0.4, -0.2) is 30.1 Å². The van der Waals surface area contributed by atoms with Crippen LogP contribution in [0.5, 0.6) is 0 Å². The zero-order chi connectivity index (χ0) is 15.3. The second-order valence-corrected chi connectivity index (χ2v) is 6.78. The standard InChI is InChI=1S/C14H18N4O2S/c1-12-5-4-6-14-17-13(11-18(12)14)7-9-16-21(19,20)10-3-2-8-15/h4-6,11,16H,2-3,7,9-10H2,1H3. The quantitative estimate of drug-likeness (QED) is 0.783. The highest BCUT2D eigenvalue weighted by molar-refractivity contribution is 7.89. The van der Waals surface area contributed by atoms with E-state index in [1.165, 1.54) is 0 Å². The van der Waals surface area contributed by atoms with Crippen LogP contribution in [0.25, 0.3) is 5.65 Å². The van der Waals surface area contributed by atoms with Crippen molar-refractivity contribution in [3.63, 3.8) is 0 Å². The van der Waals surface area contributed by atoms with E-state index < -0.39 is 10.0 Å². The molecule has 0 unspecified atom stereocenters. The molecule has 2 aromatic heterocycles. The number of sulfonamides is 1. The molecule has 0 saturated carbocycles. The highest BCUT2D eigenvalue weighted by Crippen LogP contribution is 2.08. The number of aryl methyl sites for hydroxylation is 1. The lowest BCUT2D eigenvalue weighted by molar-refractivity contribution is 0.579. The maximum absolute atomic E-state index is 11.7. The van der Waals surface area contributed by atoms with Gasteiger partial charge in [0.1, 0.15) is 5.65 Å². The van der Waals surface area contributed by atoms with Crippen molar-refractivity contribution in [3.05, 3.63) is 35.8 Å². The lowest BCUT2D eigenvalue weighted by Crippen LogP contribution is -2.28. The first kappa shape index (κ1) is 15.5. The van der Waals surface area contributed by atoms with Crippen LogP contribution in [0.15, 0.2) is 24.4 Å². The van der Waals surface area contributed by atoms with Gasteiger partial charge in [0.15, 0.2) is 0 Å². The number of nitrogens with zero attached hydrogens (tertiary/aromatic N) is 3. The normalized spacial score (nSPS) is 11.6. The maximum atomic E-state index is 11.7. The minimum Gasteiger partial charge on any atom is -0.304 e. The Labute approximate surface area is 124 Å². The second-order valence-electron chi connectivity index (χ2n) is 4.85. The molecule has 0 atom stereocenters. The first-order chi connectivity index (χ1) is 10.0. The molecule has 0 aliphatic carbocycles. The molecule has 0 bridgehead atoms. The third kappa shape index (κ3) is 4.28. The molecule has 21 heavy (non-hydrogen) atoms. The van der Waals surface area contributed by atoms with Gasteiger partial charge < -0.3 is 4.40 Å². The van der Waals surface area contributed by atoms with Gasteiger partial charge in [0.25, 0.3) is 0 Å². The van der Waals surface area contributed by atoms with Crippen molar-refractivity contribution >= 4 is 15.7 Å². The molecule has 2 rings (SSSR count). The lowest BCUT2D eigenvalue weighted by Gasteiger charge is -2.04. The number of unbranched alkanes of at least 4 members (excludes halogenated alkanes) is 1. The van der Waals surface area contributed by atoms with E-state index in [9.17, 15) is 8.42 Å². The molecule has 0 fully saturated rings.